The fourth-order valence-corrected chi connectivity index (χ4v) is 2.40. The lowest BCUT2D eigenvalue weighted by Gasteiger charge is -2.37. The molecule has 0 saturated carbocycles. The van der Waals surface area contributed by atoms with Crippen LogP contribution in [-0.2, 0) is 9.59 Å². The Hall–Kier alpha value is -1.84. The van der Waals surface area contributed by atoms with Crippen LogP contribution in [0.4, 0.5) is 5.69 Å². The minimum atomic E-state index is -0.461. The molecule has 19 heavy (non-hydrogen) atoms. The summed E-state index contributed by atoms with van der Waals surface area (Å²) in [5.74, 6) is -0.123. The summed E-state index contributed by atoms with van der Waals surface area (Å²) in [6.45, 7) is 7.68. The second kappa shape index (κ2) is 5.03. The first-order chi connectivity index (χ1) is 8.95. The highest BCUT2D eigenvalue weighted by molar-refractivity contribution is 6.08. The van der Waals surface area contributed by atoms with Gasteiger partial charge in [0.15, 0.2) is 0 Å². The lowest BCUT2D eigenvalue weighted by atomic mass is 10.0. The van der Waals surface area contributed by atoms with Crippen LogP contribution in [0.5, 0.6) is 0 Å². The number of amides is 2. The molecule has 0 bridgehead atoms. The van der Waals surface area contributed by atoms with E-state index < -0.39 is 12.1 Å². The molecule has 2 atom stereocenters. The second-order valence-electron chi connectivity index (χ2n) is 5.13. The van der Waals surface area contributed by atoms with Crippen molar-refractivity contribution >= 4 is 17.5 Å². The van der Waals surface area contributed by atoms with Gasteiger partial charge in [0.1, 0.15) is 12.1 Å². The minimum Gasteiger partial charge on any atom is -0.343 e. The maximum absolute atomic E-state index is 12.3. The highest BCUT2D eigenvalue weighted by Crippen LogP contribution is 2.25. The van der Waals surface area contributed by atoms with Crippen molar-refractivity contribution in [1.29, 1.82) is 0 Å². The first-order valence-electron chi connectivity index (χ1n) is 6.66. The Bertz CT molecular complexity index is 525. The lowest BCUT2D eigenvalue weighted by Crippen LogP contribution is -2.62. The van der Waals surface area contributed by atoms with Gasteiger partial charge >= 0.3 is 0 Å². The Balaban J connectivity index is 2.45. The summed E-state index contributed by atoms with van der Waals surface area (Å²) < 4.78 is 0. The fourth-order valence-electron chi connectivity index (χ4n) is 2.40. The molecule has 1 aliphatic heterocycles. The summed E-state index contributed by atoms with van der Waals surface area (Å²) in [4.78, 5) is 26.0. The molecule has 0 aliphatic carbocycles. The van der Waals surface area contributed by atoms with E-state index in [4.69, 9.17) is 0 Å². The molecular weight excluding hydrogens is 240 g/mol. The van der Waals surface area contributed by atoms with E-state index in [1.807, 2.05) is 39.0 Å². The van der Waals surface area contributed by atoms with Gasteiger partial charge in [0.25, 0.3) is 0 Å². The second-order valence-corrected chi connectivity index (χ2v) is 5.13. The Labute approximate surface area is 113 Å². The number of nitrogens with zero attached hydrogens (tertiary/aromatic N) is 1. The molecule has 102 valence electrons. The van der Waals surface area contributed by atoms with Gasteiger partial charge in [-0.15, -0.1) is 0 Å². The van der Waals surface area contributed by atoms with E-state index in [1.54, 1.807) is 11.8 Å². The molecule has 1 fully saturated rings. The first kappa shape index (κ1) is 13.6. The molecule has 0 aromatic heterocycles. The average molecular weight is 260 g/mol. The van der Waals surface area contributed by atoms with E-state index in [-0.39, 0.29) is 11.8 Å². The number of aryl methyl sites for hydroxylation is 2. The smallest absolute Gasteiger partial charge is 0.250 e. The number of hydrogen-bond donors (Lipinski definition) is 1. The van der Waals surface area contributed by atoms with Crippen LogP contribution in [0.1, 0.15) is 31.4 Å². The fraction of sp³-hybridized carbons (Fsp3) is 0.467. The van der Waals surface area contributed by atoms with Crippen LogP contribution in [0.3, 0.4) is 0 Å². The molecule has 1 saturated heterocycles. The zero-order chi connectivity index (χ0) is 14.2. The van der Waals surface area contributed by atoms with Gasteiger partial charge in [0, 0.05) is 5.69 Å². The highest BCUT2D eigenvalue weighted by Gasteiger charge is 2.38. The molecule has 0 radical (unpaired) electrons. The number of hydrogen-bond acceptors (Lipinski definition) is 2. The van der Waals surface area contributed by atoms with E-state index in [2.05, 4.69) is 5.32 Å². The van der Waals surface area contributed by atoms with Crippen molar-refractivity contribution in [2.75, 3.05) is 4.90 Å². The summed E-state index contributed by atoms with van der Waals surface area (Å²) in [6, 6.07) is 5.00. The van der Waals surface area contributed by atoms with Gasteiger partial charge in [-0.3, -0.25) is 14.5 Å². The van der Waals surface area contributed by atoms with Crippen molar-refractivity contribution in [2.24, 2.45) is 0 Å². The van der Waals surface area contributed by atoms with Gasteiger partial charge in [0.2, 0.25) is 11.8 Å². The molecule has 4 nitrogen and oxygen atoms in total. The van der Waals surface area contributed by atoms with Gasteiger partial charge in [-0.2, -0.15) is 0 Å². The van der Waals surface area contributed by atoms with Crippen molar-refractivity contribution in [3.63, 3.8) is 0 Å². The molecule has 2 amide bonds. The van der Waals surface area contributed by atoms with Gasteiger partial charge < -0.3 is 5.32 Å². The molecule has 2 unspecified atom stereocenters. The SMILES string of the molecule is CCC1C(=O)NC(C)C(=O)N1c1ccc(C)c(C)c1. The minimum absolute atomic E-state index is 0.0466. The van der Waals surface area contributed by atoms with E-state index in [0.717, 1.165) is 11.3 Å². The van der Waals surface area contributed by atoms with Gasteiger partial charge in [0.05, 0.1) is 0 Å². The van der Waals surface area contributed by atoms with Crippen LogP contribution in [0.2, 0.25) is 0 Å². The van der Waals surface area contributed by atoms with Crippen LogP contribution in [0, 0.1) is 13.8 Å². The summed E-state index contributed by atoms with van der Waals surface area (Å²) >= 11 is 0. The number of benzene rings is 1. The van der Waals surface area contributed by atoms with Crippen LogP contribution >= 0.6 is 0 Å². The zero-order valence-corrected chi connectivity index (χ0v) is 11.9. The number of nitrogens with one attached hydrogen (secondary N) is 1. The quantitative estimate of drug-likeness (QED) is 0.883. The zero-order valence-electron chi connectivity index (χ0n) is 11.9. The van der Waals surface area contributed by atoms with Crippen molar-refractivity contribution in [3.8, 4) is 0 Å². The predicted molar refractivity (Wildman–Crippen MR) is 75.1 cm³/mol. The largest absolute Gasteiger partial charge is 0.343 e. The Morgan fingerprint density at radius 1 is 1.21 bits per heavy atom. The summed E-state index contributed by atoms with van der Waals surface area (Å²) in [6.07, 6.45) is 0.608. The van der Waals surface area contributed by atoms with Crippen molar-refractivity contribution in [1.82, 2.24) is 5.32 Å². The normalized spacial score (nSPS) is 23.5. The van der Waals surface area contributed by atoms with Crippen LogP contribution in [0.15, 0.2) is 18.2 Å². The van der Waals surface area contributed by atoms with Gasteiger partial charge in [-0.05, 0) is 50.5 Å². The summed E-state index contributed by atoms with van der Waals surface area (Å²) in [5.41, 5.74) is 3.11. The molecule has 0 spiro atoms. The number of piperazine rings is 1. The molecule has 1 heterocycles. The standard InChI is InChI=1S/C15H20N2O2/c1-5-13-14(18)16-11(4)15(19)17(13)12-7-6-9(2)10(3)8-12/h6-8,11,13H,5H2,1-4H3,(H,16,18). The van der Waals surface area contributed by atoms with Crippen molar-refractivity contribution < 1.29 is 9.59 Å². The Morgan fingerprint density at radius 2 is 1.89 bits per heavy atom. The molecular formula is C15H20N2O2. The molecule has 2 rings (SSSR count). The number of anilines is 1. The van der Waals surface area contributed by atoms with E-state index in [1.165, 1.54) is 5.56 Å². The topological polar surface area (TPSA) is 49.4 Å². The monoisotopic (exact) mass is 260 g/mol. The third-order valence-electron chi connectivity index (χ3n) is 3.74. The van der Waals surface area contributed by atoms with E-state index in [0.29, 0.717) is 6.42 Å². The van der Waals surface area contributed by atoms with E-state index >= 15 is 0 Å². The third-order valence-corrected chi connectivity index (χ3v) is 3.74. The average Bonchev–Trinajstić information content (AvgIpc) is 2.37. The lowest BCUT2D eigenvalue weighted by molar-refractivity contribution is -0.133. The number of carbonyl (C=O) groups is 2. The van der Waals surface area contributed by atoms with Crippen molar-refractivity contribution in [2.45, 2.75) is 46.2 Å². The van der Waals surface area contributed by atoms with Crippen LogP contribution in [0.25, 0.3) is 0 Å². The molecule has 1 aliphatic rings. The number of rotatable bonds is 2. The highest BCUT2D eigenvalue weighted by atomic mass is 16.2. The Morgan fingerprint density at radius 3 is 2.47 bits per heavy atom. The van der Waals surface area contributed by atoms with Crippen LogP contribution in [-0.4, -0.2) is 23.9 Å². The van der Waals surface area contributed by atoms with Crippen molar-refractivity contribution in [3.05, 3.63) is 29.3 Å². The Kier molecular flexibility index (Phi) is 3.60. The third kappa shape index (κ3) is 2.35. The van der Waals surface area contributed by atoms with Gasteiger partial charge in [-0.1, -0.05) is 13.0 Å². The summed E-state index contributed by atoms with van der Waals surface area (Å²) in [5, 5.41) is 2.73. The molecule has 1 aromatic rings. The predicted octanol–water partition coefficient (Wildman–Crippen LogP) is 1.93. The molecule has 4 heteroatoms. The van der Waals surface area contributed by atoms with Crippen LogP contribution < -0.4 is 10.2 Å². The molecule has 1 aromatic carbocycles. The van der Waals surface area contributed by atoms with E-state index in [9.17, 15) is 9.59 Å². The number of carbonyl (C=O) groups excluding carboxylic acids is 2. The van der Waals surface area contributed by atoms with Gasteiger partial charge in [-0.25, -0.2) is 0 Å². The maximum atomic E-state index is 12.3. The maximum Gasteiger partial charge on any atom is 0.250 e. The molecule has 1 N–H and O–H groups in total. The first-order valence-corrected chi connectivity index (χ1v) is 6.66. The summed E-state index contributed by atoms with van der Waals surface area (Å²) in [7, 11) is 0.